The minimum Gasteiger partial charge on any atom is -0.367 e. The van der Waals surface area contributed by atoms with Gasteiger partial charge >= 0.3 is 0 Å². The summed E-state index contributed by atoms with van der Waals surface area (Å²) in [5.74, 6) is -0.717. The van der Waals surface area contributed by atoms with Gasteiger partial charge in [-0.2, -0.15) is 5.26 Å². The summed E-state index contributed by atoms with van der Waals surface area (Å²) in [5.41, 5.74) is 0.0264. The molecule has 0 amide bonds. The van der Waals surface area contributed by atoms with Gasteiger partial charge in [0, 0.05) is 19.6 Å². The number of anilines is 1. The Morgan fingerprint density at radius 2 is 1.80 bits per heavy atom. The quantitative estimate of drug-likeness (QED) is 0.852. The molecular weight excluding hydrogens is 260 g/mol. The maximum atomic E-state index is 13.9. The molecular formula is C15H19F2N3. The van der Waals surface area contributed by atoms with Gasteiger partial charge in [-0.05, 0) is 45.0 Å². The monoisotopic (exact) mass is 279 g/mol. The van der Waals surface area contributed by atoms with E-state index >= 15 is 0 Å². The third-order valence-corrected chi connectivity index (χ3v) is 3.70. The highest BCUT2D eigenvalue weighted by Crippen LogP contribution is 2.29. The molecule has 1 aromatic carbocycles. The molecule has 1 aliphatic rings. The summed E-state index contributed by atoms with van der Waals surface area (Å²) in [5, 5.41) is 8.70. The van der Waals surface area contributed by atoms with Crippen molar-refractivity contribution >= 4 is 5.69 Å². The number of hydrogen-bond donors (Lipinski definition) is 0. The van der Waals surface area contributed by atoms with Gasteiger partial charge in [0.2, 0.25) is 0 Å². The lowest BCUT2D eigenvalue weighted by Crippen LogP contribution is -2.38. The molecule has 3 nitrogen and oxygen atoms in total. The van der Waals surface area contributed by atoms with Crippen LogP contribution in [0.5, 0.6) is 0 Å². The van der Waals surface area contributed by atoms with Gasteiger partial charge < -0.3 is 9.80 Å². The molecule has 20 heavy (non-hydrogen) atoms. The van der Waals surface area contributed by atoms with Crippen LogP contribution in [0, 0.1) is 28.9 Å². The van der Waals surface area contributed by atoms with Crippen molar-refractivity contribution in [3.05, 3.63) is 29.3 Å². The summed E-state index contributed by atoms with van der Waals surface area (Å²) in [6, 6.07) is 3.97. The van der Waals surface area contributed by atoms with Crippen molar-refractivity contribution in [1.82, 2.24) is 4.90 Å². The number of halogens is 2. The Bertz CT molecular complexity index is 491. The topological polar surface area (TPSA) is 30.3 Å². The van der Waals surface area contributed by atoms with Crippen LogP contribution in [0.4, 0.5) is 14.5 Å². The zero-order valence-electron chi connectivity index (χ0n) is 11.9. The van der Waals surface area contributed by atoms with Gasteiger partial charge in [0.1, 0.15) is 5.69 Å². The molecule has 2 rings (SSSR count). The molecule has 0 spiro atoms. The number of piperidine rings is 1. The van der Waals surface area contributed by atoms with Crippen molar-refractivity contribution in [1.29, 1.82) is 5.26 Å². The minimum atomic E-state index is -0.646. The number of benzene rings is 1. The highest BCUT2D eigenvalue weighted by molar-refractivity contribution is 5.52. The summed E-state index contributed by atoms with van der Waals surface area (Å²) in [7, 11) is 4.07. The molecule has 5 heteroatoms. The zero-order chi connectivity index (χ0) is 14.7. The third-order valence-electron chi connectivity index (χ3n) is 3.70. The fourth-order valence-corrected chi connectivity index (χ4v) is 2.79. The summed E-state index contributed by atoms with van der Waals surface area (Å²) in [4.78, 5) is 3.89. The van der Waals surface area contributed by atoms with E-state index in [1.165, 1.54) is 0 Å². The lowest BCUT2D eigenvalue weighted by molar-refractivity contribution is 0.284. The molecule has 0 bridgehead atoms. The summed E-state index contributed by atoms with van der Waals surface area (Å²) >= 11 is 0. The Kier molecular flexibility index (Phi) is 4.56. The first-order chi connectivity index (χ1) is 9.51. The molecule has 0 aliphatic carbocycles. The maximum absolute atomic E-state index is 13.9. The third kappa shape index (κ3) is 3.26. The standard InChI is InChI=1S/C15H19F2N3/c1-19(2)10-11-3-5-20(6-4-11)15-13(16)7-12(9-18)8-14(15)17/h7-8,11H,3-6,10H2,1-2H3. The molecule has 0 unspecified atom stereocenters. The lowest BCUT2D eigenvalue weighted by atomic mass is 9.96. The van der Waals surface area contributed by atoms with Crippen molar-refractivity contribution in [2.45, 2.75) is 12.8 Å². The summed E-state index contributed by atoms with van der Waals surface area (Å²) in [6.07, 6.45) is 1.86. The van der Waals surface area contributed by atoms with E-state index in [4.69, 9.17) is 5.26 Å². The molecule has 0 aromatic heterocycles. The second-order valence-corrected chi connectivity index (χ2v) is 5.59. The number of rotatable bonds is 3. The van der Waals surface area contributed by atoms with Crippen LogP contribution in [-0.4, -0.2) is 38.6 Å². The first-order valence-corrected chi connectivity index (χ1v) is 6.80. The normalized spacial score (nSPS) is 16.5. The van der Waals surface area contributed by atoms with E-state index < -0.39 is 11.6 Å². The molecule has 1 heterocycles. The van der Waals surface area contributed by atoms with Crippen LogP contribution in [0.15, 0.2) is 12.1 Å². The van der Waals surface area contributed by atoms with Crippen molar-refractivity contribution in [2.75, 3.05) is 38.6 Å². The zero-order valence-corrected chi connectivity index (χ0v) is 11.9. The van der Waals surface area contributed by atoms with E-state index in [1.807, 2.05) is 14.1 Å². The van der Waals surface area contributed by atoms with Crippen LogP contribution in [0.25, 0.3) is 0 Å². The molecule has 108 valence electrons. The Morgan fingerprint density at radius 1 is 1.25 bits per heavy atom. The van der Waals surface area contributed by atoms with Crippen molar-refractivity contribution in [3.8, 4) is 6.07 Å². The predicted octanol–water partition coefficient (Wildman–Crippen LogP) is 2.61. The Balaban J connectivity index is 2.09. The smallest absolute Gasteiger partial charge is 0.150 e. The number of nitriles is 1. The van der Waals surface area contributed by atoms with Crippen molar-refractivity contribution in [3.63, 3.8) is 0 Å². The molecule has 1 aromatic rings. The van der Waals surface area contributed by atoms with Gasteiger partial charge in [-0.3, -0.25) is 0 Å². The maximum Gasteiger partial charge on any atom is 0.150 e. The molecule has 0 radical (unpaired) electrons. The Hall–Kier alpha value is -1.67. The van der Waals surface area contributed by atoms with Gasteiger partial charge in [-0.25, -0.2) is 8.78 Å². The summed E-state index contributed by atoms with van der Waals surface area (Å²) < 4.78 is 27.9. The molecule has 0 atom stereocenters. The first kappa shape index (κ1) is 14.7. The van der Waals surface area contributed by atoms with E-state index in [2.05, 4.69) is 4.90 Å². The van der Waals surface area contributed by atoms with E-state index in [9.17, 15) is 8.78 Å². The fourth-order valence-electron chi connectivity index (χ4n) is 2.79. The SMILES string of the molecule is CN(C)CC1CCN(c2c(F)cc(C#N)cc2F)CC1. The van der Waals surface area contributed by atoms with Gasteiger partial charge in [0.25, 0.3) is 0 Å². The predicted molar refractivity (Wildman–Crippen MR) is 74.6 cm³/mol. The van der Waals surface area contributed by atoms with Crippen LogP contribution < -0.4 is 4.90 Å². The molecule has 0 N–H and O–H groups in total. The second-order valence-electron chi connectivity index (χ2n) is 5.59. The largest absolute Gasteiger partial charge is 0.367 e. The number of hydrogen-bond acceptors (Lipinski definition) is 3. The Morgan fingerprint density at radius 3 is 2.25 bits per heavy atom. The van der Waals surface area contributed by atoms with Crippen LogP contribution in [0.1, 0.15) is 18.4 Å². The van der Waals surface area contributed by atoms with Gasteiger partial charge in [-0.1, -0.05) is 0 Å². The molecule has 1 aliphatic heterocycles. The number of nitrogens with zero attached hydrogens (tertiary/aromatic N) is 3. The van der Waals surface area contributed by atoms with Gasteiger partial charge in [-0.15, -0.1) is 0 Å². The van der Waals surface area contributed by atoms with Crippen LogP contribution in [0.2, 0.25) is 0 Å². The summed E-state index contributed by atoms with van der Waals surface area (Å²) in [6.45, 7) is 2.31. The molecule has 1 fully saturated rings. The van der Waals surface area contributed by atoms with E-state index in [-0.39, 0.29) is 11.3 Å². The van der Waals surface area contributed by atoms with Crippen molar-refractivity contribution in [2.24, 2.45) is 5.92 Å². The van der Waals surface area contributed by atoms with Crippen molar-refractivity contribution < 1.29 is 8.78 Å². The van der Waals surface area contributed by atoms with Gasteiger partial charge in [0.15, 0.2) is 11.6 Å². The van der Waals surface area contributed by atoms with E-state index in [0.717, 1.165) is 31.5 Å². The second kappa shape index (κ2) is 6.19. The lowest BCUT2D eigenvalue weighted by Gasteiger charge is -2.35. The molecule has 1 saturated heterocycles. The van der Waals surface area contributed by atoms with E-state index in [1.54, 1.807) is 11.0 Å². The van der Waals surface area contributed by atoms with Gasteiger partial charge in [0.05, 0.1) is 11.6 Å². The Labute approximate surface area is 118 Å². The first-order valence-electron chi connectivity index (χ1n) is 6.80. The average molecular weight is 279 g/mol. The van der Waals surface area contributed by atoms with E-state index in [0.29, 0.717) is 19.0 Å². The van der Waals surface area contributed by atoms with Crippen LogP contribution in [-0.2, 0) is 0 Å². The highest BCUT2D eigenvalue weighted by atomic mass is 19.1. The van der Waals surface area contributed by atoms with Crippen LogP contribution >= 0.6 is 0 Å². The van der Waals surface area contributed by atoms with Crippen LogP contribution in [0.3, 0.4) is 0 Å². The average Bonchev–Trinajstić information content (AvgIpc) is 2.39. The minimum absolute atomic E-state index is 0.00676. The molecule has 0 saturated carbocycles. The highest BCUT2D eigenvalue weighted by Gasteiger charge is 2.24. The fraction of sp³-hybridized carbons (Fsp3) is 0.533.